The van der Waals surface area contributed by atoms with Gasteiger partial charge in [0.25, 0.3) is 0 Å². The average Bonchev–Trinajstić information content (AvgIpc) is 2.86. The van der Waals surface area contributed by atoms with E-state index in [1.165, 1.54) is 5.69 Å². The lowest BCUT2D eigenvalue weighted by Crippen LogP contribution is -2.43. The molecule has 1 atom stereocenters. The molecule has 1 aliphatic rings. The lowest BCUT2D eigenvalue weighted by molar-refractivity contribution is 0.121. The summed E-state index contributed by atoms with van der Waals surface area (Å²) in [4.78, 5) is 6.78. The summed E-state index contributed by atoms with van der Waals surface area (Å²) in [5.41, 5.74) is 1.45. The SMILES string of the molecule is CNCC1(CN(C)CCc2ccccn2)CCOC1. The molecule has 19 heavy (non-hydrogen) atoms. The molecular formula is C15H25N3O. The highest BCUT2D eigenvalue weighted by atomic mass is 16.5. The average molecular weight is 263 g/mol. The van der Waals surface area contributed by atoms with Gasteiger partial charge in [0.2, 0.25) is 0 Å². The summed E-state index contributed by atoms with van der Waals surface area (Å²) in [6.45, 7) is 4.93. The van der Waals surface area contributed by atoms with Crippen molar-refractivity contribution < 1.29 is 4.74 Å². The molecule has 4 heteroatoms. The molecule has 1 aliphatic heterocycles. The Morgan fingerprint density at radius 3 is 3.00 bits per heavy atom. The molecule has 0 saturated carbocycles. The number of likely N-dealkylation sites (N-methyl/N-ethyl adjacent to an activating group) is 1. The second-order valence-corrected chi connectivity index (χ2v) is 5.64. The molecule has 1 aromatic heterocycles. The third-order valence-electron chi connectivity index (χ3n) is 3.82. The van der Waals surface area contributed by atoms with Crippen LogP contribution in [-0.2, 0) is 11.2 Å². The van der Waals surface area contributed by atoms with E-state index < -0.39 is 0 Å². The summed E-state index contributed by atoms with van der Waals surface area (Å²) in [7, 11) is 4.21. The van der Waals surface area contributed by atoms with Gasteiger partial charge in [-0.05, 0) is 32.6 Å². The van der Waals surface area contributed by atoms with E-state index in [2.05, 4.69) is 34.4 Å². The number of hydrogen-bond acceptors (Lipinski definition) is 4. The first-order valence-electron chi connectivity index (χ1n) is 7.05. The highest BCUT2D eigenvalue weighted by molar-refractivity contribution is 5.03. The van der Waals surface area contributed by atoms with Crippen molar-refractivity contribution in [1.29, 1.82) is 0 Å². The molecule has 1 unspecified atom stereocenters. The van der Waals surface area contributed by atoms with Crippen LogP contribution in [0.4, 0.5) is 0 Å². The predicted molar refractivity (Wildman–Crippen MR) is 77.2 cm³/mol. The van der Waals surface area contributed by atoms with E-state index in [0.29, 0.717) is 0 Å². The van der Waals surface area contributed by atoms with Gasteiger partial charge in [0.15, 0.2) is 0 Å². The molecule has 1 fully saturated rings. The van der Waals surface area contributed by atoms with Crippen molar-refractivity contribution in [3.63, 3.8) is 0 Å². The first-order valence-corrected chi connectivity index (χ1v) is 7.05. The van der Waals surface area contributed by atoms with Crippen molar-refractivity contribution in [2.24, 2.45) is 5.41 Å². The van der Waals surface area contributed by atoms with Gasteiger partial charge in [-0.25, -0.2) is 0 Å². The van der Waals surface area contributed by atoms with Gasteiger partial charge in [-0.3, -0.25) is 4.98 Å². The zero-order chi connectivity index (χ0) is 13.6. The van der Waals surface area contributed by atoms with E-state index in [-0.39, 0.29) is 5.41 Å². The zero-order valence-corrected chi connectivity index (χ0v) is 12.1. The molecule has 2 rings (SSSR count). The van der Waals surface area contributed by atoms with Gasteiger partial charge in [-0.15, -0.1) is 0 Å². The summed E-state index contributed by atoms with van der Waals surface area (Å²) in [5, 5.41) is 3.31. The van der Waals surface area contributed by atoms with Gasteiger partial charge in [0.1, 0.15) is 0 Å². The summed E-state index contributed by atoms with van der Waals surface area (Å²) >= 11 is 0. The molecule has 106 valence electrons. The van der Waals surface area contributed by atoms with Gasteiger partial charge in [-0.2, -0.15) is 0 Å². The van der Waals surface area contributed by atoms with Gasteiger partial charge < -0.3 is 15.0 Å². The zero-order valence-electron chi connectivity index (χ0n) is 12.1. The molecule has 0 aliphatic carbocycles. The smallest absolute Gasteiger partial charge is 0.0547 e. The van der Waals surface area contributed by atoms with Crippen LogP contribution < -0.4 is 5.32 Å². The highest BCUT2D eigenvalue weighted by Crippen LogP contribution is 2.28. The summed E-state index contributed by atoms with van der Waals surface area (Å²) in [6, 6.07) is 6.11. The largest absolute Gasteiger partial charge is 0.381 e. The Morgan fingerprint density at radius 2 is 2.37 bits per heavy atom. The monoisotopic (exact) mass is 263 g/mol. The Labute approximate surface area is 116 Å². The maximum Gasteiger partial charge on any atom is 0.0547 e. The second kappa shape index (κ2) is 6.98. The fourth-order valence-corrected chi connectivity index (χ4v) is 2.85. The Bertz CT molecular complexity index is 363. The second-order valence-electron chi connectivity index (χ2n) is 5.64. The van der Waals surface area contributed by atoms with E-state index >= 15 is 0 Å². The first kappa shape index (κ1) is 14.4. The van der Waals surface area contributed by atoms with Gasteiger partial charge in [0, 0.05) is 50.0 Å². The van der Waals surface area contributed by atoms with Crippen LogP contribution in [0.5, 0.6) is 0 Å². The minimum atomic E-state index is 0.285. The minimum Gasteiger partial charge on any atom is -0.381 e. The molecule has 0 amide bonds. The van der Waals surface area contributed by atoms with Crippen LogP contribution >= 0.6 is 0 Å². The van der Waals surface area contributed by atoms with Crippen LogP contribution in [0.15, 0.2) is 24.4 Å². The number of nitrogens with one attached hydrogen (secondary N) is 1. The van der Waals surface area contributed by atoms with Crippen LogP contribution in [0, 0.1) is 5.41 Å². The van der Waals surface area contributed by atoms with E-state index in [1.807, 2.05) is 19.3 Å². The maximum atomic E-state index is 5.60. The van der Waals surface area contributed by atoms with Crippen molar-refractivity contribution in [2.45, 2.75) is 12.8 Å². The van der Waals surface area contributed by atoms with Crippen LogP contribution in [0.25, 0.3) is 0 Å². The van der Waals surface area contributed by atoms with E-state index in [0.717, 1.165) is 45.7 Å². The molecule has 1 saturated heterocycles. The normalized spacial score (nSPS) is 23.1. The number of ether oxygens (including phenoxy) is 1. The Hall–Kier alpha value is -0.970. The number of rotatable bonds is 7. The quantitative estimate of drug-likeness (QED) is 0.801. The van der Waals surface area contributed by atoms with Crippen LogP contribution in [0.1, 0.15) is 12.1 Å². The van der Waals surface area contributed by atoms with E-state index in [9.17, 15) is 0 Å². The number of nitrogens with zero attached hydrogens (tertiary/aromatic N) is 2. The molecule has 0 spiro atoms. The van der Waals surface area contributed by atoms with Gasteiger partial charge in [0.05, 0.1) is 6.61 Å². The molecule has 1 aromatic rings. The Morgan fingerprint density at radius 1 is 1.47 bits per heavy atom. The Kier molecular flexibility index (Phi) is 5.31. The van der Waals surface area contributed by atoms with Gasteiger partial charge in [-0.1, -0.05) is 6.07 Å². The van der Waals surface area contributed by atoms with Crippen molar-refractivity contribution >= 4 is 0 Å². The van der Waals surface area contributed by atoms with Gasteiger partial charge >= 0.3 is 0 Å². The lowest BCUT2D eigenvalue weighted by atomic mass is 9.86. The number of aromatic nitrogens is 1. The predicted octanol–water partition coefficient (Wildman–Crippen LogP) is 1.18. The molecule has 2 heterocycles. The molecule has 0 aromatic carbocycles. The standard InChI is InChI=1S/C15H25N3O/c1-16-11-15(7-10-19-13-15)12-18(2)9-6-14-5-3-4-8-17-14/h3-5,8,16H,6-7,9-13H2,1-2H3. The minimum absolute atomic E-state index is 0.285. The van der Waals surface area contributed by atoms with E-state index in [1.54, 1.807) is 0 Å². The third-order valence-corrected chi connectivity index (χ3v) is 3.82. The number of hydrogen-bond donors (Lipinski definition) is 1. The van der Waals surface area contributed by atoms with Crippen molar-refractivity contribution in [1.82, 2.24) is 15.2 Å². The summed E-state index contributed by atoms with van der Waals surface area (Å²) in [6.07, 6.45) is 4.03. The number of pyridine rings is 1. The third kappa shape index (κ3) is 4.27. The summed E-state index contributed by atoms with van der Waals surface area (Å²) < 4.78 is 5.60. The summed E-state index contributed by atoms with van der Waals surface area (Å²) in [5.74, 6) is 0. The molecule has 1 N–H and O–H groups in total. The molecule has 0 bridgehead atoms. The van der Waals surface area contributed by atoms with Crippen LogP contribution in [0.3, 0.4) is 0 Å². The highest BCUT2D eigenvalue weighted by Gasteiger charge is 2.35. The van der Waals surface area contributed by atoms with Crippen molar-refractivity contribution in [3.05, 3.63) is 30.1 Å². The lowest BCUT2D eigenvalue weighted by Gasteiger charge is -2.32. The van der Waals surface area contributed by atoms with Crippen molar-refractivity contribution in [3.8, 4) is 0 Å². The molecule has 0 radical (unpaired) electrons. The fraction of sp³-hybridized carbons (Fsp3) is 0.667. The maximum absolute atomic E-state index is 5.60. The Balaban J connectivity index is 1.81. The van der Waals surface area contributed by atoms with Crippen LogP contribution in [0.2, 0.25) is 0 Å². The molecule has 4 nitrogen and oxygen atoms in total. The fourth-order valence-electron chi connectivity index (χ4n) is 2.85. The topological polar surface area (TPSA) is 37.4 Å². The van der Waals surface area contributed by atoms with Crippen molar-refractivity contribution in [2.75, 3.05) is 46.9 Å². The first-order chi connectivity index (χ1) is 9.24. The molecular weight excluding hydrogens is 238 g/mol. The van der Waals surface area contributed by atoms with Crippen LogP contribution in [-0.4, -0.2) is 56.8 Å². The van der Waals surface area contributed by atoms with E-state index in [4.69, 9.17) is 4.74 Å².